The van der Waals surface area contributed by atoms with Crippen molar-refractivity contribution >= 4 is 16.9 Å². The zero-order valence-electron chi connectivity index (χ0n) is 14.5. The molecule has 26 heavy (non-hydrogen) atoms. The van der Waals surface area contributed by atoms with Crippen LogP contribution < -0.4 is 15.1 Å². The molecule has 0 aliphatic rings. The number of methoxy groups -OCH3 is 1. The molecule has 0 N–H and O–H groups in total. The Morgan fingerprint density at radius 2 is 1.77 bits per heavy atom. The van der Waals surface area contributed by atoms with Crippen LogP contribution >= 0.6 is 0 Å². The summed E-state index contributed by atoms with van der Waals surface area (Å²) in [5.74, 6) is 0.775. The normalized spacial score (nSPS) is 10.5. The summed E-state index contributed by atoms with van der Waals surface area (Å²) in [7, 11) is 1.53. The van der Waals surface area contributed by atoms with Crippen molar-refractivity contribution in [1.29, 1.82) is 0 Å². The second kappa shape index (κ2) is 7.74. The number of carbonyl (C=O) groups excluding carboxylic acids is 1. The summed E-state index contributed by atoms with van der Waals surface area (Å²) in [6.45, 7) is 2.40. The summed E-state index contributed by atoms with van der Waals surface area (Å²) in [5.41, 5.74) is 0.836. The van der Waals surface area contributed by atoms with Crippen molar-refractivity contribution in [2.75, 3.05) is 13.7 Å². The van der Waals surface area contributed by atoms with E-state index in [-0.39, 0.29) is 6.61 Å². The van der Waals surface area contributed by atoms with Gasteiger partial charge in [0.25, 0.3) is 0 Å². The van der Waals surface area contributed by atoms with Gasteiger partial charge < -0.3 is 18.6 Å². The summed E-state index contributed by atoms with van der Waals surface area (Å²) >= 11 is 0. The molecule has 1 heterocycles. The van der Waals surface area contributed by atoms with Crippen LogP contribution in [0.3, 0.4) is 0 Å². The lowest BCUT2D eigenvalue weighted by Crippen LogP contribution is -2.08. The molecule has 0 amide bonds. The summed E-state index contributed by atoms with van der Waals surface area (Å²) in [5, 5.41) is 0.685. The molecule has 0 atom stereocenters. The van der Waals surface area contributed by atoms with E-state index in [1.54, 1.807) is 42.5 Å². The number of rotatable bonds is 6. The lowest BCUT2D eigenvalue weighted by molar-refractivity contribution is 0.0474. The molecular formula is C20H18O6. The Morgan fingerprint density at radius 3 is 2.46 bits per heavy atom. The fourth-order valence-electron chi connectivity index (χ4n) is 2.54. The molecule has 0 saturated heterocycles. The van der Waals surface area contributed by atoms with Gasteiger partial charge in [-0.25, -0.2) is 9.59 Å². The van der Waals surface area contributed by atoms with Crippen molar-refractivity contribution < 1.29 is 23.4 Å². The minimum Gasteiger partial charge on any atom is -0.497 e. The molecule has 0 aliphatic carbocycles. The number of hydrogen-bond donors (Lipinski definition) is 0. The van der Waals surface area contributed by atoms with Gasteiger partial charge in [0.05, 0.1) is 19.3 Å². The van der Waals surface area contributed by atoms with Gasteiger partial charge in [-0.05, 0) is 43.3 Å². The van der Waals surface area contributed by atoms with Gasteiger partial charge in [0, 0.05) is 23.1 Å². The highest BCUT2D eigenvalue weighted by molar-refractivity contribution is 5.89. The molecule has 0 unspecified atom stereocenters. The van der Waals surface area contributed by atoms with Crippen LogP contribution in [-0.2, 0) is 11.3 Å². The van der Waals surface area contributed by atoms with Gasteiger partial charge in [0.2, 0.25) is 0 Å². The van der Waals surface area contributed by atoms with Crippen molar-refractivity contribution in [1.82, 2.24) is 0 Å². The predicted molar refractivity (Wildman–Crippen MR) is 95.8 cm³/mol. The molecule has 2 aromatic carbocycles. The first kappa shape index (κ1) is 17.5. The van der Waals surface area contributed by atoms with Gasteiger partial charge in [-0.1, -0.05) is 0 Å². The molecule has 3 aromatic rings. The van der Waals surface area contributed by atoms with Gasteiger partial charge in [-0.15, -0.1) is 0 Å². The monoisotopic (exact) mass is 354 g/mol. The van der Waals surface area contributed by atoms with Gasteiger partial charge in [-0.3, -0.25) is 0 Å². The summed E-state index contributed by atoms with van der Waals surface area (Å²) in [4.78, 5) is 24.0. The zero-order chi connectivity index (χ0) is 18.5. The fourth-order valence-corrected chi connectivity index (χ4v) is 2.54. The lowest BCUT2D eigenvalue weighted by Gasteiger charge is -2.09. The molecule has 0 spiro atoms. The standard InChI is InChI=1S/C20H18O6/c1-3-24-15-6-4-13(5-7-15)20(22)25-12-14-10-19(21)26-18-11-16(23-2)8-9-17(14)18/h4-11H,3,12H2,1-2H3. The van der Waals surface area contributed by atoms with E-state index in [0.717, 1.165) is 0 Å². The van der Waals surface area contributed by atoms with Crippen LogP contribution in [0.2, 0.25) is 0 Å². The summed E-state index contributed by atoms with van der Waals surface area (Å²) in [6, 6.07) is 13.1. The topological polar surface area (TPSA) is 75.0 Å². The third-order valence-corrected chi connectivity index (χ3v) is 3.80. The Morgan fingerprint density at radius 1 is 1.04 bits per heavy atom. The van der Waals surface area contributed by atoms with E-state index in [4.69, 9.17) is 18.6 Å². The van der Waals surface area contributed by atoms with E-state index >= 15 is 0 Å². The van der Waals surface area contributed by atoms with Crippen LogP contribution in [-0.4, -0.2) is 19.7 Å². The van der Waals surface area contributed by atoms with Crippen LogP contribution in [0.15, 0.2) is 57.7 Å². The van der Waals surface area contributed by atoms with Crippen molar-refractivity contribution in [2.24, 2.45) is 0 Å². The first-order chi connectivity index (χ1) is 12.6. The minimum absolute atomic E-state index is 0.0412. The average molecular weight is 354 g/mol. The third kappa shape index (κ3) is 3.85. The fraction of sp³-hybridized carbons (Fsp3) is 0.200. The molecule has 0 fully saturated rings. The Kier molecular flexibility index (Phi) is 5.22. The number of ether oxygens (including phenoxy) is 3. The smallest absolute Gasteiger partial charge is 0.338 e. The maximum absolute atomic E-state index is 12.2. The van der Waals surface area contributed by atoms with Crippen molar-refractivity contribution in [2.45, 2.75) is 13.5 Å². The van der Waals surface area contributed by atoms with E-state index in [1.807, 2.05) is 6.92 Å². The van der Waals surface area contributed by atoms with E-state index in [2.05, 4.69) is 0 Å². The second-order valence-corrected chi connectivity index (χ2v) is 5.49. The Balaban J connectivity index is 1.78. The Hall–Kier alpha value is -3.28. The molecule has 0 aliphatic heterocycles. The van der Waals surface area contributed by atoms with E-state index < -0.39 is 11.6 Å². The molecule has 1 aromatic heterocycles. The van der Waals surface area contributed by atoms with Gasteiger partial charge in [0.1, 0.15) is 23.7 Å². The molecule has 134 valence electrons. The number of fused-ring (bicyclic) bond motifs is 1. The molecule has 3 rings (SSSR count). The molecule has 6 heteroatoms. The van der Waals surface area contributed by atoms with Gasteiger partial charge >= 0.3 is 11.6 Å². The quantitative estimate of drug-likeness (QED) is 0.498. The van der Waals surface area contributed by atoms with Crippen LogP contribution in [0.4, 0.5) is 0 Å². The molecule has 0 radical (unpaired) electrons. The highest BCUT2D eigenvalue weighted by atomic mass is 16.5. The predicted octanol–water partition coefficient (Wildman–Crippen LogP) is 3.56. The first-order valence-electron chi connectivity index (χ1n) is 8.11. The van der Waals surface area contributed by atoms with Crippen LogP contribution in [0.25, 0.3) is 11.0 Å². The van der Waals surface area contributed by atoms with E-state index in [1.165, 1.54) is 13.2 Å². The first-order valence-corrected chi connectivity index (χ1v) is 8.11. The van der Waals surface area contributed by atoms with Crippen LogP contribution in [0.5, 0.6) is 11.5 Å². The highest BCUT2D eigenvalue weighted by Gasteiger charge is 2.11. The molecule has 0 saturated carbocycles. The summed E-state index contributed by atoms with van der Waals surface area (Å²) in [6.07, 6.45) is 0. The number of carbonyl (C=O) groups is 1. The number of benzene rings is 2. The number of esters is 1. The van der Waals surface area contributed by atoms with E-state index in [0.29, 0.717) is 40.2 Å². The van der Waals surface area contributed by atoms with Crippen LogP contribution in [0, 0.1) is 0 Å². The Bertz CT molecular complexity index is 972. The van der Waals surface area contributed by atoms with Crippen molar-refractivity contribution in [3.8, 4) is 11.5 Å². The average Bonchev–Trinajstić information content (AvgIpc) is 2.66. The van der Waals surface area contributed by atoms with E-state index in [9.17, 15) is 9.59 Å². The van der Waals surface area contributed by atoms with Crippen molar-refractivity contribution in [3.63, 3.8) is 0 Å². The summed E-state index contributed by atoms with van der Waals surface area (Å²) < 4.78 is 21.0. The largest absolute Gasteiger partial charge is 0.497 e. The lowest BCUT2D eigenvalue weighted by atomic mass is 10.1. The molecule has 6 nitrogen and oxygen atoms in total. The minimum atomic E-state index is -0.516. The zero-order valence-corrected chi connectivity index (χ0v) is 14.5. The van der Waals surface area contributed by atoms with Crippen molar-refractivity contribution in [3.05, 3.63) is 70.1 Å². The number of hydrogen-bond acceptors (Lipinski definition) is 6. The van der Waals surface area contributed by atoms with Gasteiger partial charge in [0.15, 0.2) is 0 Å². The maximum atomic E-state index is 12.2. The molecular weight excluding hydrogens is 336 g/mol. The van der Waals surface area contributed by atoms with Crippen LogP contribution in [0.1, 0.15) is 22.8 Å². The Labute approximate surface area is 149 Å². The third-order valence-electron chi connectivity index (χ3n) is 3.80. The van der Waals surface area contributed by atoms with Gasteiger partial charge in [-0.2, -0.15) is 0 Å². The second-order valence-electron chi connectivity index (χ2n) is 5.49. The highest BCUT2D eigenvalue weighted by Crippen LogP contribution is 2.23. The maximum Gasteiger partial charge on any atom is 0.338 e. The SMILES string of the molecule is CCOc1ccc(C(=O)OCc2cc(=O)oc3cc(OC)ccc23)cc1. The molecule has 0 bridgehead atoms.